The van der Waals surface area contributed by atoms with Crippen LogP contribution in [0.4, 0.5) is 0 Å². The molecule has 4 nitrogen and oxygen atoms in total. The van der Waals surface area contributed by atoms with Crippen LogP contribution < -0.4 is 5.73 Å². The molecule has 0 unspecified atom stereocenters. The number of carbonyl (C=O) groups is 1. The molecule has 2 N–H and O–H groups in total. The van der Waals surface area contributed by atoms with Gasteiger partial charge in [0.2, 0.25) is 0 Å². The SMILES string of the molecule is CCN(CCCN)C(=O)c1cc(C)nc2ccccc12. The van der Waals surface area contributed by atoms with Gasteiger partial charge in [-0.05, 0) is 38.9 Å². The second-order valence-corrected chi connectivity index (χ2v) is 4.86. The van der Waals surface area contributed by atoms with E-state index in [0.29, 0.717) is 19.6 Å². The van der Waals surface area contributed by atoms with E-state index in [2.05, 4.69) is 4.98 Å². The molecule has 106 valence electrons. The van der Waals surface area contributed by atoms with Crippen molar-refractivity contribution in [1.29, 1.82) is 0 Å². The van der Waals surface area contributed by atoms with Crippen molar-refractivity contribution in [2.45, 2.75) is 20.3 Å². The molecule has 0 saturated carbocycles. The Hall–Kier alpha value is -1.94. The molecule has 1 amide bonds. The second kappa shape index (κ2) is 6.48. The minimum absolute atomic E-state index is 0.0580. The zero-order chi connectivity index (χ0) is 14.5. The third kappa shape index (κ3) is 2.96. The highest BCUT2D eigenvalue weighted by molar-refractivity contribution is 6.06. The Bertz CT molecular complexity index is 610. The van der Waals surface area contributed by atoms with Crippen molar-refractivity contribution in [2.24, 2.45) is 5.73 Å². The molecule has 20 heavy (non-hydrogen) atoms. The average Bonchev–Trinajstić information content (AvgIpc) is 2.46. The number of aromatic nitrogens is 1. The Kier molecular flexibility index (Phi) is 4.69. The number of rotatable bonds is 5. The van der Waals surface area contributed by atoms with Gasteiger partial charge in [0.1, 0.15) is 0 Å². The minimum atomic E-state index is 0.0580. The molecule has 0 fully saturated rings. The summed E-state index contributed by atoms with van der Waals surface area (Å²) in [4.78, 5) is 19.0. The number of para-hydroxylation sites is 1. The average molecular weight is 271 g/mol. The summed E-state index contributed by atoms with van der Waals surface area (Å²) < 4.78 is 0. The maximum absolute atomic E-state index is 12.7. The lowest BCUT2D eigenvalue weighted by Gasteiger charge is -2.21. The third-order valence-corrected chi connectivity index (χ3v) is 3.38. The van der Waals surface area contributed by atoms with Crippen molar-refractivity contribution in [3.05, 3.63) is 41.6 Å². The predicted octanol–water partition coefficient (Wildman–Crippen LogP) is 2.35. The lowest BCUT2D eigenvalue weighted by Crippen LogP contribution is -2.33. The van der Waals surface area contributed by atoms with Gasteiger partial charge in [0.15, 0.2) is 0 Å². The van der Waals surface area contributed by atoms with Crippen molar-refractivity contribution in [3.63, 3.8) is 0 Å². The molecule has 2 aromatic rings. The molecule has 0 bridgehead atoms. The maximum Gasteiger partial charge on any atom is 0.254 e. The van der Waals surface area contributed by atoms with Crippen LogP contribution in [-0.4, -0.2) is 35.4 Å². The van der Waals surface area contributed by atoms with E-state index in [1.54, 1.807) is 0 Å². The summed E-state index contributed by atoms with van der Waals surface area (Å²) in [5.74, 6) is 0.0580. The zero-order valence-electron chi connectivity index (χ0n) is 12.1. The van der Waals surface area contributed by atoms with Crippen molar-refractivity contribution in [2.75, 3.05) is 19.6 Å². The monoisotopic (exact) mass is 271 g/mol. The standard InChI is InChI=1S/C16H21N3O/c1-3-19(10-6-9-17)16(20)14-11-12(2)18-15-8-5-4-7-13(14)15/h4-5,7-8,11H,3,6,9-10,17H2,1-2H3. The summed E-state index contributed by atoms with van der Waals surface area (Å²) in [6.45, 7) is 5.89. The summed E-state index contributed by atoms with van der Waals surface area (Å²) in [5.41, 5.74) is 8.00. The summed E-state index contributed by atoms with van der Waals surface area (Å²) in [6.07, 6.45) is 0.821. The zero-order valence-corrected chi connectivity index (χ0v) is 12.1. The smallest absolute Gasteiger partial charge is 0.254 e. The van der Waals surface area contributed by atoms with E-state index in [1.807, 2.05) is 49.1 Å². The fourth-order valence-corrected chi connectivity index (χ4v) is 2.34. The molecule has 0 atom stereocenters. The number of pyridine rings is 1. The molecule has 2 rings (SSSR count). The largest absolute Gasteiger partial charge is 0.339 e. The first-order valence-electron chi connectivity index (χ1n) is 7.03. The van der Waals surface area contributed by atoms with Gasteiger partial charge in [-0.2, -0.15) is 0 Å². The van der Waals surface area contributed by atoms with E-state index in [9.17, 15) is 4.79 Å². The van der Waals surface area contributed by atoms with Gasteiger partial charge < -0.3 is 10.6 Å². The Morgan fingerprint density at radius 2 is 2.10 bits per heavy atom. The number of aryl methyl sites for hydroxylation is 1. The number of nitrogens with zero attached hydrogens (tertiary/aromatic N) is 2. The van der Waals surface area contributed by atoms with E-state index >= 15 is 0 Å². The molecule has 0 saturated heterocycles. The third-order valence-electron chi connectivity index (χ3n) is 3.38. The lowest BCUT2D eigenvalue weighted by atomic mass is 10.1. The molecule has 0 aliphatic carbocycles. The van der Waals surface area contributed by atoms with E-state index < -0.39 is 0 Å². The van der Waals surface area contributed by atoms with Gasteiger partial charge in [0.25, 0.3) is 5.91 Å². The van der Waals surface area contributed by atoms with Gasteiger partial charge in [-0.1, -0.05) is 18.2 Å². The first-order chi connectivity index (χ1) is 9.67. The molecular weight excluding hydrogens is 250 g/mol. The molecule has 0 aliphatic rings. The van der Waals surface area contributed by atoms with Crippen LogP contribution in [0.3, 0.4) is 0 Å². The van der Waals surface area contributed by atoms with E-state index in [1.165, 1.54) is 0 Å². The number of fused-ring (bicyclic) bond motifs is 1. The van der Waals surface area contributed by atoms with E-state index in [4.69, 9.17) is 5.73 Å². The van der Waals surface area contributed by atoms with Gasteiger partial charge in [-0.15, -0.1) is 0 Å². The Morgan fingerprint density at radius 1 is 1.35 bits per heavy atom. The quantitative estimate of drug-likeness (QED) is 0.908. The van der Waals surface area contributed by atoms with Gasteiger partial charge in [-0.3, -0.25) is 9.78 Å². The fourth-order valence-electron chi connectivity index (χ4n) is 2.34. The van der Waals surface area contributed by atoms with Gasteiger partial charge in [0.05, 0.1) is 11.1 Å². The molecule has 0 radical (unpaired) electrons. The highest BCUT2D eigenvalue weighted by Crippen LogP contribution is 2.20. The van der Waals surface area contributed by atoms with Crippen molar-refractivity contribution in [3.8, 4) is 0 Å². The summed E-state index contributed by atoms with van der Waals surface area (Å²) >= 11 is 0. The topological polar surface area (TPSA) is 59.2 Å². The van der Waals surface area contributed by atoms with Crippen LogP contribution in [0.1, 0.15) is 29.4 Å². The predicted molar refractivity (Wildman–Crippen MR) is 81.7 cm³/mol. The highest BCUT2D eigenvalue weighted by atomic mass is 16.2. The highest BCUT2D eigenvalue weighted by Gasteiger charge is 2.17. The van der Waals surface area contributed by atoms with Crippen molar-refractivity contribution >= 4 is 16.8 Å². The number of benzene rings is 1. The number of amides is 1. The van der Waals surface area contributed by atoms with Crippen LogP contribution in [-0.2, 0) is 0 Å². The maximum atomic E-state index is 12.7. The van der Waals surface area contributed by atoms with Crippen LogP contribution in [0.2, 0.25) is 0 Å². The Morgan fingerprint density at radius 3 is 2.80 bits per heavy atom. The second-order valence-electron chi connectivity index (χ2n) is 4.86. The van der Waals surface area contributed by atoms with Crippen molar-refractivity contribution in [1.82, 2.24) is 9.88 Å². The van der Waals surface area contributed by atoms with Crippen LogP contribution in [0.15, 0.2) is 30.3 Å². The molecule has 1 aromatic heterocycles. The fraction of sp³-hybridized carbons (Fsp3) is 0.375. The number of hydrogen-bond acceptors (Lipinski definition) is 3. The summed E-state index contributed by atoms with van der Waals surface area (Å²) in [5, 5.41) is 0.911. The van der Waals surface area contributed by atoms with E-state index in [0.717, 1.165) is 28.6 Å². The van der Waals surface area contributed by atoms with Gasteiger partial charge >= 0.3 is 0 Å². The number of carbonyl (C=O) groups excluding carboxylic acids is 1. The van der Waals surface area contributed by atoms with Crippen LogP contribution in [0, 0.1) is 6.92 Å². The molecular formula is C16H21N3O. The first kappa shape index (κ1) is 14.5. The molecule has 0 spiro atoms. The number of hydrogen-bond donors (Lipinski definition) is 1. The van der Waals surface area contributed by atoms with E-state index in [-0.39, 0.29) is 5.91 Å². The van der Waals surface area contributed by atoms with Gasteiger partial charge in [0, 0.05) is 24.2 Å². The van der Waals surface area contributed by atoms with Crippen molar-refractivity contribution < 1.29 is 4.79 Å². The molecule has 4 heteroatoms. The summed E-state index contributed by atoms with van der Waals surface area (Å²) in [7, 11) is 0. The molecule has 1 heterocycles. The Balaban J connectivity index is 2.42. The van der Waals surface area contributed by atoms with Crippen LogP contribution >= 0.6 is 0 Å². The van der Waals surface area contributed by atoms with Crippen LogP contribution in [0.5, 0.6) is 0 Å². The number of nitrogens with two attached hydrogens (primary N) is 1. The minimum Gasteiger partial charge on any atom is -0.339 e. The first-order valence-corrected chi connectivity index (χ1v) is 7.03. The molecule has 1 aromatic carbocycles. The normalized spacial score (nSPS) is 10.8. The molecule has 0 aliphatic heterocycles. The lowest BCUT2D eigenvalue weighted by molar-refractivity contribution is 0.0765. The Labute approximate surface area is 119 Å². The van der Waals surface area contributed by atoms with Gasteiger partial charge in [-0.25, -0.2) is 0 Å². The summed E-state index contributed by atoms with van der Waals surface area (Å²) in [6, 6.07) is 9.64. The van der Waals surface area contributed by atoms with Crippen LogP contribution in [0.25, 0.3) is 10.9 Å².